The molecule has 0 heterocycles. The summed E-state index contributed by atoms with van der Waals surface area (Å²) in [6.45, 7) is 3.74. The number of benzene rings is 3. The largest absolute Gasteiger partial charge is 0.507 e. The quantitative estimate of drug-likeness (QED) is 0.226. The molecular weight excluding hydrogens is 470 g/mol. The average Bonchev–Trinajstić information content (AvgIpc) is 2.86. The van der Waals surface area contributed by atoms with Gasteiger partial charge in [0.25, 0.3) is 0 Å². The van der Waals surface area contributed by atoms with Crippen LogP contribution in [-0.4, -0.2) is 47.6 Å². The van der Waals surface area contributed by atoms with Crippen molar-refractivity contribution in [2.24, 2.45) is 5.73 Å². The van der Waals surface area contributed by atoms with Crippen molar-refractivity contribution in [3.63, 3.8) is 0 Å². The van der Waals surface area contributed by atoms with Crippen molar-refractivity contribution in [3.05, 3.63) is 88.5 Å². The van der Waals surface area contributed by atoms with Crippen LogP contribution in [0, 0.1) is 6.92 Å². The Morgan fingerprint density at radius 1 is 0.892 bits per heavy atom. The number of carbonyl (C=O) groups excluding carboxylic acids is 2. The number of carbonyl (C=O) groups is 3. The summed E-state index contributed by atoms with van der Waals surface area (Å²) in [6, 6.07) is 18.2. The molecule has 0 saturated heterocycles. The molecule has 6 N–H and O–H groups in total. The van der Waals surface area contributed by atoms with Gasteiger partial charge in [-0.05, 0) is 84.8 Å². The highest BCUT2D eigenvalue weighted by Gasteiger charge is 2.10. The van der Waals surface area contributed by atoms with Crippen molar-refractivity contribution in [3.8, 4) is 16.9 Å². The van der Waals surface area contributed by atoms with Crippen LogP contribution in [0.5, 0.6) is 5.75 Å². The molecule has 2 amide bonds. The van der Waals surface area contributed by atoms with Crippen molar-refractivity contribution in [2.45, 2.75) is 32.6 Å². The van der Waals surface area contributed by atoms with Crippen LogP contribution in [0.25, 0.3) is 11.1 Å². The summed E-state index contributed by atoms with van der Waals surface area (Å²) in [6.07, 6.45) is 2.69. The van der Waals surface area contributed by atoms with Crippen molar-refractivity contribution in [1.29, 1.82) is 0 Å². The molecule has 0 fully saturated rings. The minimum atomic E-state index is -1.18. The molecule has 0 aliphatic heterocycles. The third kappa shape index (κ3) is 8.18. The molecule has 3 rings (SSSR count). The van der Waals surface area contributed by atoms with Gasteiger partial charge in [-0.1, -0.05) is 36.4 Å². The number of aromatic hydroxyl groups is 1. The van der Waals surface area contributed by atoms with Crippen LogP contribution in [0.3, 0.4) is 0 Å². The second kappa shape index (κ2) is 13.2. The third-order valence-corrected chi connectivity index (χ3v) is 6.13. The maximum Gasteiger partial charge on any atom is 0.339 e. The van der Waals surface area contributed by atoms with Crippen molar-refractivity contribution < 1.29 is 24.6 Å². The fourth-order valence-corrected chi connectivity index (χ4v) is 4.13. The molecule has 8 nitrogen and oxygen atoms in total. The van der Waals surface area contributed by atoms with Crippen LogP contribution in [0.2, 0.25) is 0 Å². The SMILES string of the molecule is Cc1cc(C(N)=O)ccc1-c1cccc(CCCNCCC(=O)NCCc2ccc(C(=O)O)c(O)c2)c1. The van der Waals surface area contributed by atoms with Crippen molar-refractivity contribution in [2.75, 3.05) is 19.6 Å². The van der Waals surface area contributed by atoms with Crippen molar-refractivity contribution in [1.82, 2.24) is 10.6 Å². The lowest BCUT2D eigenvalue weighted by Crippen LogP contribution is -2.29. The van der Waals surface area contributed by atoms with E-state index in [2.05, 4.69) is 28.8 Å². The van der Waals surface area contributed by atoms with Crippen molar-refractivity contribution >= 4 is 17.8 Å². The number of carboxylic acids is 1. The summed E-state index contributed by atoms with van der Waals surface area (Å²) >= 11 is 0. The zero-order chi connectivity index (χ0) is 26.8. The van der Waals surface area contributed by atoms with Crippen LogP contribution >= 0.6 is 0 Å². The van der Waals surface area contributed by atoms with E-state index in [0.29, 0.717) is 31.5 Å². The summed E-state index contributed by atoms with van der Waals surface area (Å²) in [5.41, 5.74) is 10.9. The second-order valence-corrected chi connectivity index (χ2v) is 8.95. The van der Waals surface area contributed by atoms with E-state index in [1.54, 1.807) is 12.1 Å². The number of aromatic carboxylic acids is 1. The van der Waals surface area contributed by atoms with Crippen LogP contribution < -0.4 is 16.4 Å². The molecule has 0 atom stereocenters. The highest BCUT2D eigenvalue weighted by atomic mass is 16.4. The summed E-state index contributed by atoms with van der Waals surface area (Å²) in [5.74, 6) is -1.95. The summed E-state index contributed by atoms with van der Waals surface area (Å²) in [4.78, 5) is 34.4. The van der Waals surface area contributed by atoms with Crippen LogP contribution in [0.4, 0.5) is 0 Å². The normalized spacial score (nSPS) is 10.7. The molecule has 0 saturated carbocycles. The number of rotatable bonds is 13. The lowest BCUT2D eigenvalue weighted by Gasteiger charge is -2.10. The van der Waals surface area contributed by atoms with Gasteiger partial charge in [0.1, 0.15) is 11.3 Å². The number of primary amides is 1. The molecule has 3 aromatic rings. The Morgan fingerprint density at radius 3 is 2.38 bits per heavy atom. The summed E-state index contributed by atoms with van der Waals surface area (Å²) < 4.78 is 0. The number of phenols is 1. The van der Waals surface area contributed by atoms with Crippen LogP contribution in [0.15, 0.2) is 60.7 Å². The molecule has 3 aromatic carbocycles. The van der Waals surface area contributed by atoms with Gasteiger partial charge in [0.05, 0.1) is 0 Å². The van der Waals surface area contributed by atoms with Gasteiger partial charge < -0.3 is 26.6 Å². The third-order valence-electron chi connectivity index (χ3n) is 6.13. The first kappa shape index (κ1) is 27.4. The van der Waals surface area contributed by atoms with Crippen LogP contribution in [0.1, 0.15) is 50.2 Å². The smallest absolute Gasteiger partial charge is 0.339 e. The molecule has 0 radical (unpaired) electrons. The Kier molecular flexibility index (Phi) is 9.80. The van der Waals surface area contributed by atoms with Gasteiger partial charge in [-0.25, -0.2) is 4.79 Å². The monoisotopic (exact) mass is 503 g/mol. The standard InChI is InChI=1S/C29H33N3O5/c1-19-16-23(28(30)35)8-10-24(19)22-6-2-4-20(17-22)5-3-13-31-14-12-27(34)32-15-11-21-7-9-25(29(36)37)26(33)18-21/h2,4,6-10,16-18,31,33H,3,5,11-15H2,1H3,(H2,30,35)(H,32,34)(H,36,37). The van der Waals surface area contributed by atoms with Gasteiger partial charge >= 0.3 is 5.97 Å². The number of carboxylic acid groups (broad SMARTS) is 1. The fourth-order valence-electron chi connectivity index (χ4n) is 4.13. The number of nitrogens with two attached hydrogens (primary N) is 1. The lowest BCUT2D eigenvalue weighted by molar-refractivity contribution is -0.120. The first-order chi connectivity index (χ1) is 17.7. The van der Waals surface area contributed by atoms with E-state index in [1.807, 2.05) is 25.1 Å². The number of nitrogens with one attached hydrogen (secondary N) is 2. The molecule has 194 valence electrons. The predicted octanol–water partition coefficient (Wildman–Crippen LogP) is 3.44. The zero-order valence-corrected chi connectivity index (χ0v) is 20.9. The molecule has 0 bridgehead atoms. The minimum absolute atomic E-state index is 0.0655. The van der Waals surface area contributed by atoms with E-state index in [-0.39, 0.29) is 17.2 Å². The fraction of sp³-hybridized carbons (Fsp3) is 0.276. The Bertz CT molecular complexity index is 1270. The maximum atomic E-state index is 12.1. The van der Waals surface area contributed by atoms with Crippen LogP contribution in [-0.2, 0) is 17.6 Å². The van der Waals surface area contributed by atoms with Gasteiger partial charge in [0.15, 0.2) is 0 Å². The lowest BCUT2D eigenvalue weighted by atomic mass is 9.96. The Morgan fingerprint density at radius 2 is 1.68 bits per heavy atom. The van der Waals surface area contributed by atoms with Gasteiger partial charge in [-0.2, -0.15) is 0 Å². The number of amides is 2. The summed E-state index contributed by atoms with van der Waals surface area (Å²) in [5, 5.41) is 24.8. The van der Waals surface area contributed by atoms with Gasteiger partial charge in [-0.15, -0.1) is 0 Å². The van der Waals surface area contributed by atoms with E-state index < -0.39 is 11.9 Å². The topological polar surface area (TPSA) is 142 Å². The number of hydrogen-bond acceptors (Lipinski definition) is 5. The number of hydrogen-bond donors (Lipinski definition) is 5. The highest BCUT2D eigenvalue weighted by Crippen LogP contribution is 2.25. The first-order valence-corrected chi connectivity index (χ1v) is 12.3. The molecule has 0 spiro atoms. The molecule has 0 aliphatic carbocycles. The van der Waals surface area contributed by atoms with Gasteiger partial charge in [-0.3, -0.25) is 9.59 Å². The Balaban J connectivity index is 1.34. The molecule has 8 heteroatoms. The maximum absolute atomic E-state index is 12.1. The molecule has 37 heavy (non-hydrogen) atoms. The molecule has 0 aliphatic rings. The van der Waals surface area contributed by atoms with E-state index in [9.17, 15) is 19.5 Å². The molecular formula is C29H33N3O5. The number of aryl methyl sites for hydroxylation is 2. The highest BCUT2D eigenvalue weighted by molar-refractivity contribution is 5.93. The minimum Gasteiger partial charge on any atom is -0.507 e. The molecule has 0 unspecified atom stereocenters. The van der Waals surface area contributed by atoms with E-state index in [1.165, 1.54) is 17.7 Å². The second-order valence-electron chi connectivity index (χ2n) is 8.95. The Hall–Kier alpha value is -4.17. The predicted molar refractivity (Wildman–Crippen MR) is 143 cm³/mol. The Labute approximate surface area is 216 Å². The zero-order valence-electron chi connectivity index (χ0n) is 20.9. The van der Waals surface area contributed by atoms with E-state index in [4.69, 9.17) is 10.8 Å². The van der Waals surface area contributed by atoms with Gasteiger partial charge in [0.2, 0.25) is 11.8 Å². The first-order valence-electron chi connectivity index (χ1n) is 12.3. The van der Waals surface area contributed by atoms with E-state index in [0.717, 1.165) is 41.6 Å². The van der Waals surface area contributed by atoms with E-state index >= 15 is 0 Å². The summed E-state index contributed by atoms with van der Waals surface area (Å²) in [7, 11) is 0. The molecule has 0 aromatic heterocycles. The average molecular weight is 504 g/mol. The van der Waals surface area contributed by atoms with Gasteiger partial charge in [0, 0.05) is 25.1 Å².